The number of carbonyl (C=O) groups is 1. The highest BCUT2D eigenvalue weighted by Crippen LogP contribution is 2.23. The van der Waals surface area contributed by atoms with Gasteiger partial charge in [-0.1, -0.05) is 50.2 Å². The summed E-state index contributed by atoms with van der Waals surface area (Å²) in [7, 11) is 0. The van der Waals surface area contributed by atoms with E-state index in [1.165, 1.54) is 17.1 Å². The Morgan fingerprint density at radius 2 is 1.79 bits per heavy atom. The molecule has 0 fully saturated rings. The van der Waals surface area contributed by atoms with Crippen LogP contribution in [0.2, 0.25) is 0 Å². The second-order valence-electron chi connectivity index (χ2n) is 7.10. The minimum Gasteiger partial charge on any atom is -0.324 e. The Hall–Kier alpha value is -3.74. The zero-order valence-electron chi connectivity index (χ0n) is 16.2. The summed E-state index contributed by atoms with van der Waals surface area (Å²) in [6.45, 7) is 4.01. The monoisotopic (exact) mass is 387 g/mol. The van der Waals surface area contributed by atoms with Gasteiger partial charge in [0.2, 0.25) is 5.91 Å². The predicted octanol–water partition coefficient (Wildman–Crippen LogP) is 3.34. The number of hydrogen-bond donors (Lipinski definition) is 1. The van der Waals surface area contributed by atoms with Crippen molar-refractivity contribution in [1.29, 1.82) is 0 Å². The SMILES string of the molecule is CC(C)c1ccccc1NC(=O)Cn1cnc2c(cnn2-c2ccccc2)c1=O. The number of anilines is 1. The summed E-state index contributed by atoms with van der Waals surface area (Å²) in [5.41, 5.74) is 2.78. The summed E-state index contributed by atoms with van der Waals surface area (Å²) in [6, 6.07) is 17.1. The molecule has 0 aliphatic rings. The fourth-order valence-corrected chi connectivity index (χ4v) is 3.28. The van der Waals surface area contributed by atoms with Crippen molar-refractivity contribution in [2.75, 3.05) is 5.32 Å². The molecule has 0 saturated heterocycles. The Kier molecular flexibility index (Phi) is 4.95. The van der Waals surface area contributed by atoms with Crippen molar-refractivity contribution >= 4 is 22.6 Å². The van der Waals surface area contributed by atoms with Gasteiger partial charge < -0.3 is 5.32 Å². The molecule has 29 heavy (non-hydrogen) atoms. The lowest BCUT2D eigenvalue weighted by Gasteiger charge is -2.14. The topological polar surface area (TPSA) is 81.8 Å². The van der Waals surface area contributed by atoms with Crippen LogP contribution < -0.4 is 10.9 Å². The molecule has 0 aliphatic carbocycles. The van der Waals surface area contributed by atoms with Crippen LogP contribution in [0.1, 0.15) is 25.3 Å². The Morgan fingerprint density at radius 1 is 1.07 bits per heavy atom. The lowest BCUT2D eigenvalue weighted by Crippen LogP contribution is -2.28. The Balaban J connectivity index is 1.60. The third-order valence-electron chi connectivity index (χ3n) is 4.73. The van der Waals surface area contributed by atoms with Crippen molar-refractivity contribution in [2.24, 2.45) is 0 Å². The molecule has 4 aromatic rings. The van der Waals surface area contributed by atoms with Gasteiger partial charge in [-0.05, 0) is 29.7 Å². The zero-order valence-corrected chi connectivity index (χ0v) is 16.2. The molecule has 1 amide bonds. The average molecular weight is 387 g/mol. The number of nitrogens with one attached hydrogen (secondary N) is 1. The van der Waals surface area contributed by atoms with E-state index in [1.807, 2.05) is 54.6 Å². The molecule has 1 N–H and O–H groups in total. The first kappa shape index (κ1) is 18.6. The summed E-state index contributed by atoms with van der Waals surface area (Å²) in [6.07, 6.45) is 2.87. The molecule has 0 spiro atoms. The summed E-state index contributed by atoms with van der Waals surface area (Å²) in [4.78, 5) is 29.7. The number of benzene rings is 2. The van der Waals surface area contributed by atoms with E-state index in [0.717, 1.165) is 16.9 Å². The van der Waals surface area contributed by atoms with Gasteiger partial charge in [-0.3, -0.25) is 14.2 Å². The minimum absolute atomic E-state index is 0.120. The Labute approximate surface area is 167 Å². The number of nitrogens with zero attached hydrogens (tertiary/aromatic N) is 4. The first-order chi connectivity index (χ1) is 14.0. The first-order valence-electron chi connectivity index (χ1n) is 9.42. The van der Waals surface area contributed by atoms with E-state index in [1.54, 1.807) is 4.68 Å². The van der Waals surface area contributed by atoms with Crippen molar-refractivity contribution in [3.63, 3.8) is 0 Å². The molecule has 2 heterocycles. The van der Waals surface area contributed by atoms with E-state index in [-0.39, 0.29) is 23.9 Å². The number of rotatable bonds is 5. The van der Waals surface area contributed by atoms with E-state index in [0.29, 0.717) is 11.0 Å². The summed E-state index contributed by atoms with van der Waals surface area (Å²) < 4.78 is 2.91. The number of amides is 1. The molecule has 146 valence electrons. The molecular weight excluding hydrogens is 366 g/mol. The van der Waals surface area contributed by atoms with Gasteiger partial charge in [-0.25, -0.2) is 9.67 Å². The van der Waals surface area contributed by atoms with E-state index in [2.05, 4.69) is 29.2 Å². The maximum Gasteiger partial charge on any atom is 0.264 e. The van der Waals surface area contributed by atoms with Gasteiger partial charge in [0, 0.05) is 5.69 Å². The molecule has 0 aliphatic heterocycles. The number of aromatic nitrogens is 4. The molecule has 2 aromatic carbocycles. The summed E-state index contributed by atoms with van der Waals surface area (Å²) in [5, 5.41) is 7.55. The van der Waals surface area contributed by atoms with Crippen LogP contribution in [0.3, 0.4) is 0 Å². The molecule has 0 bridgehead atoms. The number of hydrogen-bond acceptors (Lipinski definition) is 4. The van der Waals surface area contributed by atoms with Crippen molar-refractivity contribution in [3.05, 3.63) is 83.0 Å². The molecule has 7 nitrogen and oxygen atoms in total. The van der Waals surface area contributed by atoms with Crippen LogP contribution in [0.15, 0.2) is 71.9 Å². The van der Waals surface area contributed by atoms with Crippen LogP contribution in [-0.2, 0) is 11.3 Å². The standard InChI is InChI=1S/C22H21N5O2/c1-15(2)17-10-6-7-11-19(17)25-20(28)13-26-14-23-21-18(22(26)29)12-24-27(21)16-8-4-3-5-9-16/h3-12,14-15H,13H2,1-2H3,(H,25,28). The lowest BCUT2D eigenvalue weighted by atomic mass is 10.0. The Morgan fingerprint density at radius 3 is 2.55 bits per heavy atom. The van der Waals surface area contributed by atoms with Crippen LogP contribution in [0.4, 0.5) is 5.69 Å². The number of carbonyl (C=O) groups excluding carboxylic acids is 1. The molecule has 4 rings (SSSR count). The van der Waals surface area contributed by atoms with Crippen LogP contribution in [0.25, 0.3) is 16.7 Å². The van der Waals surface area contributed by atoms with Gasteiger partial charge in [0.05, 0.1) is 11.9 Å². The predicted molar refractivity (Wildman–Crippen MR) is 112 cm³/mol. The zero-order chi connectivity index (χ0) is 20.4. The highest BCUT2D eigenvalue weighted by molar-refractivity contribution is 5.91. The molecule has 7 heteroatoms. The molecule has 0 atom stereocenters. The third-order valence-corrected chi connectivity index (χ3v) is 4.73. The fraction of sp³-hybridized carbons (Fsp3) is 0.182. The number of fused-ring (bicyclic) bond motifs is 1. The lowest BCUT2D eigenvalue weighted by molar-refractivity contribution is -0.116. The molecule has 0 saturated carbocycles. The van der Waals surface area contributed by atoms with E-state index in [4.69, 9.17) is 0 Å². The molecule has 0 radical (unpaired) electrons. The molecule has 2 aromatic heterocycles. The maximum absolute atomic E-state index is 12.8. The van der Waals surface area contributed by atoms with Gasteiger partial charge in [0.1, 0.15) is 18.3 Å². The van der Waals surface area contributed by atoms with Crippen LogP contribution in [-0.4, -0.2) is 25.2 Å². The van der Waals surface area contributed by atoms with Gasteiger partial charge in [0.25, 0.3) is 5.56 Å². The second kappa shape index (κ2) is 7.71. The summed E-state index contributed by atoms with van der Waals surface area (Å²) >= 11 is 0. The maximum atomic E-state index is 12.8. The van der Waals surface area contributed by atoms with Gasteiger partial charge in [-0.15, -0.1) is 0 Å². The van der Waals surface area contributed by atoms with Crippen LogP contribution in [0.5, 0.6) is 0 Å². The quantitative estimate of drug-likeness (QED) is 0.569. The highest BCUT2D eigenvalue weighted by Gasteiger charge is 2.14. The normalized spacial score (nSPS) is 11.1. The van der Waals surface area contributed by atoms with Crippen molar-refractivity contribution in [2.45, 2.75) is 26.3 Å². The van der Waals surface area contributed by atoms with Crippen molar-refractivity contribution < 1.29 is 4.79 Å². The molecular formula is C22H21N5O2. The highest BCUT2D eigenvalue weighted by atomic mass is 16.2. The van der Waals surface area contributed by atoms with E-state index in [9.17, 15) is 9.59 Å². The smallest absolute Gasteiger partial charge is 0.264 e. The largest absolute Gasteiger partial charge is 0.324 e. The first-order valence-corrected chi connectivity index (χ1v) is 9.42. The van der Waals surface area contributed by atoms with Gasteiger partial charge in [0.15, 0.2) is 5.65 Å². The van der Waals surface area contributed by atoms with E-state index < -0.39 is 0 Å². The van der Waals surface area contributed by atoms with Crippen LogP contribution in [0, 0.1) is 0 Å². The van der Waals surface area contributed by atoms with Crippen molar-refractivity contribution in [1.82, 2.24) is 19.3 Å². The second-order valence-corrected chi connectivity index (χ2v) is 7.10. The van der Waals surface area contributed by atoms with Crippen LogP contribution >= 0.6 is 0 Å². The van der Waals surface area contributed by atoms with Gasteiger partial charge >= 0.3 is 0 Å². The summed E-state index contributed by atoms with van der Waals surface area (Å²) in [5.74, 6) is -0.00661. The van der Waals surface area contributed by atoms with Gasteiger partial charge in [-0.2, -0.15) is 5.10 Å². The molecule has 0 unspecified atom stereocenters. The fourth-order valence-electron chi connectivity index (χ4n) is 3.28. The average Bonchev–Trinajstić information content (AvgIpc) is 3.16. The third kappa shape index (κ3) is 3.67. The number of para-hydroxylation sites is 2. The Bertz CT molecular complexity index is 1220. The van der Waals surface area contributed by atoms with E-state index >= 15 is 0 Å². The minimum atomic E-state index is -0.301. The van der Waals surface area contributed by atoms with Crippen molar-refractivity contribution in [3.8, 4) is 5.69 Å².